The van der Waals surface area contributed by atoms with Crippen molar-refractivity contribution >= 4 is 53.9 Å². The third-order valence-electron chi connectivity index (χ3n) is 14.4. The fourth-order valence-electron chi connectivity index (χ4n) is 11.5. The van der Waals surface area contributed by atoms with Gasteiger partial charge in [-0.25, -0.2) is 0 Å². The van der Waals surface area contributed by atoms with Crippen LogP contribution in [-0.2, 0) is 0 Å². The normalized spacial score (nSPS) is 11.9. The molecule has 0 fully saturated rings. The van der Waals surface area contributed by atoms with Gasteiger partial charge in [0, 0.05) is 0 Å². The quantitative estimate of drug-likeness (QED) is 0.166. The van der Waals surface area contributed by atoms with E-state index < -0.39 is 0 Å². The topological polar surface area (TPSA) is 47.6 Å². The van der Waals surface area contributed by atoms with E-state index in [4.69, 9.17) is 0 Å². The molecule has 2 aliphatic carbocycles. The van der Waals surface area contributed by atoms with Crippen LogP contribution in [0.25, 0.3) is 143 Å². The van der Waals surface area contributed by atoms with Crippen LogP contribution >= 0.6 is 0 Å². The van der Waals surface area contributed by atoms with Gasteiger partial charge in [0.25, 0.3) is 0 Å². The first-order valence-electron chi connectivity index (χ1n) is 22.4. The van der Waals surface area contributed by atoms with Crippen molar-refractivity contribution in [1.29, 1.82) is 10.5 Å². The molecular weight excluding hydrogens is 797 g/mol. The minimum atomic E-state index is 0.617. The molecule has 0 aliphatic heterocycles. The van der Waals surface area contributed by atoms with Crippen molar-refractivity contribution in [1.82, 2.24) is 0 Å². The van der Waals surface area contributed by atoms with E-state index >= 15 is 0 Å². The molecule has 0 radical (unpaired) electrons. The minimum absolute atomic E-state index is 0.617. The summed E-state index contributed by atoms with van der Waals surface area (Å²) in [4.78, 5) is 0. The summed E-state index contributed by atoms with van der Waals surface area (Å²) >= 11 is 0. The lowest BCUT2D eigenvalue weighted by molar-refractivity contribution is 1.48. The second kappa shape index (κ2) is 13.7. The monoisotopic (exact) mass is 830 g/mol. The van der Waals surface area contributed by atoms with Crippen LogP contribution in [0, 0.1) is 22.7 Å². The third kappa shape index (κ3) is 5.10. The van der Waals surface area contributed by atoms with Crippen molar-refractivity contribution in [2.45, 2.75) is 0 Å². The van der Waals surface area contributed by atoms with E-state index in [9.17, 15) is 10.5 Å². The Hall–Kier alpha value is -9.08. The largest absolute Gasteiger partial charge is 0.192 e. The molecule has 2 aliphatic rings. The van der Waals surface area contributed by atoms with E-state index in [-0.39, 0.29) is 0 Å². The molecule has 2 heteroatoms. The first-order chi connectivity index (χ1) is 32.6. The van der Waals surface area contributed by atoms with Crippen LogP contribution in [0.5, 0.6) is 0 Å². The number of hydrogen-bond donors (Lipinski definition) is 0. The highest BCUT2D eigenvalue weighted by Crippen LogP contribution is 2.55. The minimum Gasteiger partial charge on any atom is -0.192 e. The molecule has 12 aromatic rings. The Kier molecular flexibility index (Phi) is 7.56. The summed E-state index contributed by atoms with van der Waals surface area (Å²) in [5.41, 5.74) is 19.6. The second-order valence-corrected chi connectivity index (χ2v) is 17.7. The van der Waals surface area contributed by atoms with Crippen LogP contribution in [0.4, 0.5) is 0 Å². The number of rotatable bonds is 4. The van der Waals surface area contributed by atoms with Gasteiger partial charge in [-0.15, -0.1) is 0 Å². The molecule has 0 spiro atoms. The van der Waals surface area contributed by atoms with Crippen molar-refractivity contribution in [3.05, 3.63) is 217 Å². The molecule has 12 aromatic carbocycles. The highest BCUT2D eigenvalue weighted by molar-refractivity contribution is 6.29. The van der Waals surface area contributed by atoms with E-state index in [1.807, 2.05) is 12.1 Å². The fraction of sp³-hybridized carbons (Fsp3) is 0. The Bertz CT molecular complexity index is 3940. The molecule has 14 rings (SSSR count). The summed E-state index contributed by atoms with van der Waals surface area (Å²) in [6.07, 6.45) is 0. The summed E-state index contributed by atoms with van der Waals surface area (Å²) in [6, 6.07) is 79.4. The van der Waals surface area contributed by atoms with Crippen molar-refractivity contribution in [3.63, 3.8) is 0 Å². The standard InChI is InChI=1S/C64H34N2/c65-35-37-23-25-43(39-11-3-1-4-12-39)49(27-37)55-33-61-60-32-54-48-22-10-18-42-16-8-20-46(64(42)48)52(54)30-58(60)56(50-28-38(36-66)24-26-44(50)40-13-5-2-6-14-40)34-62(61)59-31-53-47-21-9-17-41-15-7-19-45(63(41)47)51(53)29-57(55)59/h1-34H. The Morgan fingerprint density at radius 1 is 0.227 bits per heavy atom. The van der Waals surface area contributed by atoms with Gasteiger partial charge in [0.2, 0.25) is 0 Å². The van der Waals surface area contributed by atoms with Gasteiger partial charge in [-0.2, -0.15) is 10.5 Å². The molecule has 0 unspecified atom stereocenters. The molecule has 0 saturated carbocycles. The predicted molar refractivity (Wildman–Crippen MR) is 274 cm³/mol. The molecule has 0 N–H and O–H groups in total. The van der Waals surface area contributed by atoms with Gasteiger partial charge in [-0.05, 0) is 204 Å². The van der Waals surface area contributed by atoms with Gasteiger partial charge in [0.1, 0.15) is 0 Å². The maximum atomic E-state index is 10.4. The van der Waals surface area contributed by atoms with Crippen LogP contribution in [0.2, 0.25) is 0 Å². The summed E-state index contributed by atoms with van der Waals surface area (Å²) in [6.45, 7) is 0. The van der Waals surface area contributed by atoms with E-state index in [0.29, 0.717) is 11.1 Å². The first kappa shape index (κ1) is 36.4. The first-order valence-corrected chi connectivity index (χ1v) is 22.4. The van der Waals surface area contributed by atoms with Gasteiger partial charge >= 0.3 is 0 Å². The van der Waals surface area contributed by atoms with Gasteiger partial charge in [-0.3, -0.25) is 0 Å². The molecule has 66 heavy (non-hydrogen) atoms. The van der Waals surface area contributed by atoms with Crippen LogP contribution in [-0.4, -0.2) is 0 Å². The number of hydrogen-bond acceptors (Lipinski definition) is 2. The fourth-order valence-corrected chi connectivity index (χ4v) is 11.5. The zero-order chi connectivity index (χ0) is 43.6. The van der Waals surface area contributed by atoms with Crippen molar-refractivity contribution in [2.75, 3.05) is 0 Å². The maximum absolute atomic E-state index is 10.4. The molecule has 0 bridgehead atoms. The predicted octanol–water partition coefficient (Wildman–Crippen LogP) is 17.2. The Balaban J connectivity index is 1.19. The smallest absolute Gasteiger partial charge is 0.0991 e. The Morgan fingerprint density at radius 3 is 0.909 bits per heavy atom. The van der Waals surface area contributed by atoms with E-state index in [2.05, 4.69) is 206 Å². The van der Waals surface area contributed by atoms with Crippen LogP contribution < -0.4 is 0 Å². The van der Waals surface area contributed by atoms with Gasteiger partial charge < -0.3 is 0 Å². The lowest BCUT2D eigenvalue weighted by Gasteiger charge is -2.21. The highest BCUT2D eigenvalue weighted by atomic mass is 14.3. The van der Waals surface area contributed by atoms with E-state index in [1.54, 1.807) is 0 Å². The van der Waals surface area contributed by atoms with E-state index in [1.165, 1.54) is 66.1 Å². The average molecular weight is 831 g/mol. The summed E-state index contributed by atoms with van der Waals surface area (Å²) in [5.74, 6) is 0. The molecule has 0 atom stereocenters. The molecule has 300 valence electrons. The van der Waals surface area contributed by atoms with Gasteiger partial charge in [-0.1, -0.05) is 146 Å². The number of fused-ring (bicyclic) bond motifs is 11. The summed E-state index contributed by atoms with van der Waals surface area (Å²) in [7, 11) is 0. The van der Waals surface area contributed by atoms with E-state index in [0.717, 1.165) is 76.8 Å². The number of nitrogens with zero attached hydrogens (tertiary/aromatic N) is 2. The Morgan fingerprint density at radius 2 is 0.545 bits per heavy atom. The average Bonchev–Trinajstić information content (AvgIpc) is 3.87. The second-order valence-electron chi connectivity index (χ2n) is 17.7. The van der Waals surface area contributed by atoms with Crippen LogP contribution in [0.3, 0.4) is 0 Å². The van der Waals surface area contributed by atoms with Crippen molar-refractivity contribution < 1.29 is 0 Å². The molecule has 0 amide bonds. The molecular formula is C64H34N2. The Labute approximate surface area is 381 Å². The van der Waals surface area contributed by atoms with Gasteiger partial charge in [0.05, 0.1) is 23.3 Å². The third-order valence-corrected chi connectivity index (χ3v) is 14.4. The molecule has 0 aromatic heterocycles. The lowest BCUT2D eigenvalue weighted by atomic mass is 9.82. The summed E-state index contributed by atoms with van der Waals surface area (Å²) < 4.78 is 0. The van der Waals surface area contributed by atoms with Crippen molar-refractivity contribution in [2.24, 2.45) is 0 Å². The maximum Gasteiger partial charge on any atom is 0.0991 e. The van der Waals surface area contributed by atoms with Crippen LogP contribution in [0.1, 0.15) is 11.1 Å². The molecule has 2 nitrogen and oxygen atoms in total. The SMILES string of the molecule is N#Cc1ccc(-c2ccccc2)c(-c2cc3c4cc5c(cc4c(-c4cc(C#N)ccc4-c4ccccc4)cc3c3cc4c(cc23)-c2cccc3cccc-4c23)-c2cccc3cccc-5c23)c1. The highest BCUT2D eigenvalue weighted by Gasteiger charge is 2.28. The number of benzene rings is 12. The van der Waals surface area contributed by atoms with Crippen LogP contribution in [0.15, 0.2) is 206 Å². The summed E-state index contributed by atoms with van der Waals surface area (Å²) in [5, 5.41) is 32.7. The number of nitriles is 2. The van der Waals surface area contributed by atoms with Crippen molar-refractivity contribution in [3.8, 4) is 101 Å². The zero-order valence-corrected chi connectivity index (χ0v) is 35.5. The zero-order valence-electron chi connectivity index (χ0n) is 35.5. The molecule has 0 heterocycles. The molecule has 0 saturated heterocycles. The van der Waals surface area contributed by atoms with Gasteiger partial charge in [0.15, 0.2) is 0 Å². The lowest BCUT2D eigenvalue weighted by Crippen LogP contribution is -1.94.